The molecule has 1 atom stereocenters. The molecule has 0 rings (SSSR count). The molecule has 0 N–H and O–H groups in total. The summed E-state index contributed by atoms with van der Waals surface area (Å²) in [4.78, 5) is 38.2. The van der Waals surface area contributed by atoms with Gasteiger partial charge < -0.3 is 14.2 Å². The van der Waals surface area contributed by atoms with E-state index in [1.54, 1.807) is 0 Å². The second kappa shape index (κ2) is 56.9. The van der Waals surface area contributed by atoms with E-state index in [1.165, 1.54) is 103 Å². The predicted molar refractivity (Wildman–Crippen MR) is 297 cm³/mol. The van der Waals surface area contributed by atoms with Crippen LogP contribution in [0.3, 0.4) is 0 Å². The van der Waals surface area contributed by atoms with Gasteiger partial charge in [-0.05, 0) is 122 Å². The minimum absolute atomic E-state index is 0.0993. The first-order valence-electron chi connectivity index (χ1n) is 28.7. The topological polar surface area (TPSA) is 78.9 Å². The maximum Gasteiger partial charge on any atom is 0.306 e. The average Bonchev–Trinajstić information content (AvgIpc) is 3.35. The van der Waals surface area contributed by atoms with Gasteiger partial charge in [-0.1, -0.05) is 221 Å². The lowest BCUT2D eigenvalue weighted by molar-refractivity contribution is -0.167. The summed E-state index contributed by atoms with van der Waals surface area (Å²) in [6.07, 6.45) is 75.3. The summed E-state index contributed by atoms with van der Waals surface area (Å²) in [6.45, 7) is 6.46. The molecule has 0 heterocycles. The largest absolute Gasteiger partial charge is 0.462 e. The van der Waals surface area contributed by atoms with E-state index in [2.05, 4.69) is 118 Å². The SMILES string of the molecule is CC/C=C\C/C=C\C/C=C\C/C=C\CCCCCCC(=O)OC[C@H](COC(=O)CCCCCC/C=C\C/C=C\C/C=C\CCCCC)OC(=O)CCCCCCCCC/C=C\CCCCCCCC. The number of allylic oxidation sites excluding steroid dienone is 16. The third kappa shape index (κ3) is 55.1. The minimum Gasteiger partial charge on any atom is -0.462 e. The van der Waals surface area contributed by atoms with Crippen molar-refractivity contribution < 1.29 is 28.6 Å². The smallest absolute Gasteiger partial charge is 0.306 e. The van der Waals surface area contributed by atoms with Gasteiger partial charge in [0.2, 0.25) is 0 Å². The molecule has 6 heteroatoms. The molecule has 0 aromatic carbocycles. The predicted octanol–water partition coefficient (Wildman–Crippen LogP) is 19.3. The second-order valence-electron chi connectivity index (χ2n) is 18.8. The highest BCUT2D eigenvalue weighted by atomic mass is 16.6. The van der Waals surface area contributed by atoms with Crippen LogP contribution in [0.2, 0.25) is 0 Å². The van der Waals surface area contributed by atoms with Crippen molar-refractivity contribution in [2.75, 3.05) is 13.2 Å². The number of hydrogen-bond acceptors (Lipinski definition) is 6. The monoisotopic (exact) mass is 959 g/mol. The quantitative estimate of drug-likeness (QED) is 0.0262. The Labute approximate surface area is 426 Å². The normalized spacial score (nSPS) is 12.8. The highest BCUT2D eigenvalue weighted by Crippen LogP contribution is 2.14. The molecule has 0 fully saturated rings. The number of carbonyl (C=O) groups excluding carboxylic acids is 3. The van der Waals surface area contributed by atoms with Crippen LogP contribution in [0, 0.1) is 0 Å². The maximum atomic E-state index is 12.9. The lowest BCUT2D eigenvalue weighted by atomic mass is 10.1. The van der Waals surface area contributed by atoms with Crippen LogP contribution in [0.4, 0.5) is 0 Å². The Morgan fingerprint density at radius 3 is 0.928 bits per heavy atom. The van der Waals surface area contributed by atoms with Crippen molar-refractivity contribution in [3.63, 3.8) is 0 Å². The Morgan fingerprint density at radius 2 is 0.565 bits per heavy atom. The molecular formula is C63H106O6. The molecule has 0 saturated heterocycles. The zero-order valence-electron chi connectivity index (χ0n) is 45.0. The standard InChI is InChI=1S/C63H106O6/c1-4-7-10-13-16-19-22-25-28-31-34-37-40-43-46-49-52-55-61(64)67-58-60(69-63(66)57-54-51-48-45-42-39-36-33-30-27-24-21-18-15-12-9-6-3)59-68-62(65)56-53-50-47-44-41-38-35-32-29-26-23-20-17-14-11-8-5-2/h7,10,16-17,19-20,25-30,34-35,37-38,60H,4-6,8-9,11-15,18,21-24,31-33,36,39-59H2,1-3H3/b10-7-,19-16-,20-17-,28-25-,29-26-,30-27-,37-34-,38-35-/t60-/m1/s1. The molecule has 6 nitrogen and oxygen atoms in total. The Hall–Kier alpha value is -3.67. The Kier molecular flexibility index (Phi) is 53.9. The van der Waals surface area contributed by atoms with E-state index in [4.69, 9.17) is 14.2 Å². The van der Waals surface area contributed by atoms with Crippen LogP contribution < -0.4 is 0 Å². The summed E-state index contributed by atoms with van der Waals surface area (Å²) in [6, 6.07) is 0. The van der Waals surface area contributed by atoms with Crippen molar-refractivity contribution in [1.29, 1.82) is 0 Å². The van der Waals surface area contributed by atoms with Crippen molar-refractivity contribution in [1.82, 2.24) is 0 Å². The van der Waals surface area contributed by atoms with Gasteiger partial charge in [0.1, 0.15) is 13.2 Å². The lowest BCUT2D eigenvalue weighted by Gasteiger charge is -2.18. The van der Waals surface area contributed by atoms with Crippen LogP contribution in [-0.2, 0) is 28.6 Å². The van der Waals surface area contributed by atoms with Crippen molar-refractivity contribution >= 4 is 17.9 Å². The van der Waals surface area contributed by atoms with E-state index in [1.807, 2.05) is 0 Å². The summed E-state index contributed by atoms with van der Waals surface area (Å²) < 4.78 is 16.8. The van der Waals surface area contributed by atoms with E-state index in [-0.39, 0.29) is 31.1 Å². The number of unbranched alkanes of at least 4 members (excludes halogenated alkanes) is 24. The number of rotatable bonds is 51. The van der Waals surface area contributed by atoms with Gasteiger partial charge in [-0.25, -0.2) is 0 Å². The lowest BCUT2D eigenvalue weighted by Crippen LogP contribution is -2.30. The fourth-order valence-electron chi connectivity index (χ4n) is 7.73. The molecule has 0 unspecified atom stereocenters. The molecule has 0 aromatic heterocycles. The van der Waals surface area contributed by atoms with Crippen LogP contribution >= 0.6 is 0 Å². The zero-order valence-corrected chi connectivity index (χ0v) is 45.0. The molecule has 0 spiro atoms. The molecule has 0 aliphatic rings. The van der Waals surface area contributed by atoms with E-state index < -0.39 is 6.10 Å². The van der Waals surface area contributed by atoms with Gasteiger partial charge in [0.25, 0.3) is 0 Å². The molecule has 0 aromatic rings. The van der Waals surface area contributed by atoms with Crippen LogP contribution in [0.15, 0.2) is 97.2 Å². The van der Waals surface area contributed by atoms with E-state index in [0.717, 1.165) is 122 Å². The Morgan fingerprint density at radius 1 is 0.304 bits per heavy atom. The van der Waals surface area contributed by atoms with Gasteiger partial charge in [-0.15, -0.1) is 0 Å². The first kappa shape index (κ1) is 65.3. The summed E-state index contributed by atoms with van der Waals surface area (Å²) in [5.74, 6) is -0.944. The molecule has 0 bridgehead atoms. The van der Waals surface area contributed by atoms with Crippen molar-refractivity contribution in [2.45, 2.75) is 271 Å². The van der Waals surface area contributed by atoms with Gasteiger partial charge >= 0.3 is 17.9 Å². The van der Waals surface area contributed by atoms with E-state index >= 15 is 0 Å². The number of carbonyl (C=O) groups is 3. The first-order chi connectivity index (χ1) is 34.0. The molecule has 69 heavy (non-hydrogen) atoms. The first-order valence-corrected chi connectivity index (χ1v) is 28.7. The maximum absolute atomic E-state index is 12.9. The van der Waals surface area contributed by atoms with Crippen LogP contribution in [0.5, 0.6) is 0 Å². The number of ether oxygens (including phenoxy) is 3. The van der Waals surface area contributed by atoms with Crippen molar-refractivity contribution in [3.05, 3.63) is 97.2 Å². The van der Waals surface area contributed by atoms with Crippen LogP contribution in [0.25, 0.3) is 0 Å². The fourth-order valence-corrected chi connectivity index (χ4v) is 7.73. The molecule has 0 radical (unpaired) electrons. The number of esters is 3. The third-order valence-electron chi connectivity index (χ3n) is 12.0. The summed E-state index contributed by atoms with van der Waals surface area (Å²) in [5, 5.41) is 0. The molecule has 0 aliphatic heterocycles. The van der Waals surface area contributed by atoms with E-state index in [0.29, 0.717) is 19.3 Å². The van der Waals surface area contributed by atoms with Crippen molar-refractivity contribution in [3.8, 4) is 0 Å². The summed E-state index contributed by atoms with van der Waals surface area (Å²) in [7, 11) is 0. The van der Waals surface area contributed by atoms with Crippen LogP contribution in [-0.4, -0.2) is 37.2 Å². The second-order valence-corrected chi connectivity index (χ2v) is 18.8. The molecule has 394 valence electrons. The number of hydrogen-bond donors (Lipinski definition) is 0. The van der Waals surface area contributed by atoms with Crippen molar-refractivity contribution in [2.24, 2.45) is 0 Å². The Bertz CT molecular complexity index is 1380. The summed E-state index contributed by atoms with van der Waals surface area (Å²) >= 11 is 0. The molecular weight excluding hydrogens is 853 g/mol. The van der Waals surface area contributed by atoms with Crippen LogP contribution in [0.1, 0.15) is 265 Å². The summed E-state index contributed by atoms with van der Waals surface area (Å²) in [5.41, 5.74) is 0. The molecule has 0 saturated carbocycles. The Balaban J connectivity index is 4.48. The third-order valence-corrected chi connectivity index (χ3v) is 12.0. The zero-order chi connectivity index (χ0) is 50.0. The fraction of sp³-hybridized carbons (Fsp3) is 0.698. The van der Waals surface area contributed by atoms with Gasteiger partial charge in [0.15, 0.2) is 6.10 Å². The minimum atomic E-state index is -0.801. The van der Waals surface area contributed by atoms with Gasteiger partial charge in [0.05, 0.1) is 0 Å². The molecule has 0 aliphatic carbocycles. The molecule has 0 amide bonds. The van der Waals surface area contributed by atoms with Gasteiger partial charge in [-0.2, -0.15) is 0 Å². The average molecular weight is 960 g/mol. The van der Waals surface area contributed by atoms with Gasteiger partial charge in [0, 0.05) is 19.3 Å². The highest BCUT2D eigenvalue weighted by Gasteiger charge is 2.19. The van der Waals surface area contributed by atoms with Gasteiger partial charge in [-0.3, -0.25) is 14.4 Å². The van der Waals surface area contributed by atoms with E-state index in [9.17, 15) is 14.4 Å². The highest BCUT2D eigenvalue weighted by molar-refractivity contribution is 5.71.